The lowest BCUT2D eigenvalue weighted by Gasteiger charge is -2.34. The molecule has 0 radical (unpaired) electrons. The lowest BCUT2D eigenvalue weighted by atomic mass is 9.80. The minimum atomic E-state index is -3.39. The third kappa shape index (κ3) is 2.15. The number of hydrogen-bond acceptors (Lipinski definition) is 3. The molecule has 0 spiro atoms. The number of halogens is 1. The number of carbonyl (C=O) groups is 1. The van der Waals surface area contributed by atoms with Gasteiger partial charge in [0.1, 0.15) is 0 Å². The highest BCUT2D eigenvalue weighted by Crippen LogP contribution is 2.45. The molecule has 0 bridgehead atoms. The molecule has 1 aromatic rings. The van der Waals surface area contributed by atoms with Crippen molar-refractivity contribution < 1.29 is 18.3 Å². The van der Waals surface area contributed by atoms with E-state index in [0.717, 1.165) is 0 Å². The Bertz CT molecular complexity index is 674. The molecule has 0 saturated carbocycles. The van der Waals surface area contributed by atoms with Crippen LogP contribution in [0, 0.1) is 6.92 Å². The molecule has 0 aliphatic carbocycles. The SMILES string of the molecule is Cc1cc(C(=O)O)c(Cl)c2c1S(=O)(=O)CCC2(C)C. The van der Waals surface area contributed by atoms with Gasteiger partial charge >= 0.3 is 5.97 Å². The van der Waals surface area contributed by atoms with Gasteiger partial charge in [-0.15, -0.1) is 0 Å². The van der Waals surface area contributed by atoms with Crippen molar-refractivity contribution in [1.29, 1.82) is 0 Å². The van der Waals surface area contributed by atoms with Crippen LogP contribution < -0.4 is 0 Å². The minimum Gasteiger partial charge on any atom is -0.478 e. The Morgan fingerprint density at radius 1 is 1.42 bits per heavy atom. The van der Waals surface area contributed by atoms with E-state index in [-0.39, 0.29) is 21.2 Å². The Morgan fingerprint density at radius 3 is 2.53 bits per heavy atom. The van der Waals surface area contributed by atoms with E-state index in [1.165, 1.54) is 6.07 Å². The van der Waals surface area contributed by atoms with Crippen molar-refractivity contribution in [3.05, 3.63) is 27.8 Å². The fourth-order valence-electron chi connectivity index (χ4n) is 2.55. The Balaban J connectivity index is 2.96. The van der Waals surface area contributed by atoms with Crippen LogP contribution in [0.15, 0.2) is 11.0 Å². The van der Waals surface area contributed by atoms with Gasteiger partial charge in [-0.3, -0.25) is 0 Å². The summed E-state index contributed by atoms with van der Waals surface area (Å²) >= 11 is 6.16. The van der Waals surface area contributed by atoms with Crippen LogP contribution in [0.5, 0.6) is 0 Å². The average Bonchev–Trinajstić information content (AvgIpc) is 2.26. The van der Waals surface area contributed by atoms with Crippen LogP contribution in [0.4, 0.5) is 0 Å². The lowest BCUT2D eigenvalue weighted by Crippen LogP contribution is -2.32. The molecule has 1 N–H and O–H groups in total. The van der Waals surface area contributed by atoms with E-state index in [9.17, 15) is 13.2 Å². The molecule has 1 heterocycles. The lowest BCUT2D eigenvalue weighted by molar-refractivity contribution is 0.0696. The summed E-state index contributed by atoms with van der Waals surface area (Å²) in [6, 6.07) is 1.34. The Labute approximate surface area is 117 Å². The van der Waals surface area contributed by atoms with Crippen molar-refractivity contribution in [1.82, 2.24) is 0 Å². The topological polar surface area (TPSA) is 71.4 Å². The molecule has 1 aromatic carbocycles. The number of fused-ring (bicyclic) bond motifs is 1. The normalized spacial score (nSPS) is 19.8. The molecular weight excluding hydrogens is 288 g/mol. The van der Waals surface area contributed by atoms with Gasteiger partial charge < -0.3 is 5.11 Å². The number of rotatable bonds is 1. The largest absolute Gasteiger partial charge is 0.478 e. The smallest absolute Gasteiger partial charge is 0.337 e. The summed E-state index contributed by atoms with van der Waals surface area (Å²) in [5.41, 5.74) is 0.402. The van der Waals surface area contributed by atoms with Crippen LogP contribution >= 0.6 is 11.6 Å². The van der Waals surface area contributed by atoms with E-state index in [2.05, 4.69) is 0 Å². The molecule has 2 rings (SSSR count). The number of hydrogen-bond donors (Lipinski definition) is 1. The van der Waals surface area contributed by atoms with Crippen LogP contribution in [0.3, 0.4) is 0 Å². The quantitative estimate of drug-likeness (QED) is 0.866. The molecule has 4 nitrogen and oxygen atoms in total. The number of carboxylic acids is 1. The third-order valence-corrected chi connectivity index (χ3v) is 5.90. The van der Waals surface area contributed by atoms with Gasteiger partial charge in [0.25, 0.3) is 0 Å². The zero-order valence-electron chi connectivity index (χ0n) is 10.9. The highest BCUT2D eigenvalue weighted by molar-refractivity contribution is 7.91. The zero-order valence-corrected chi connectivity index (χ0v) is 12.5. The van der Waals surface area contributed by atoms with Gasteiger partial charge in [-0.25, -0.2) is 13.2 Å². The van der Waals surface area contributed by atoms with Gasteiger partial charge in [-0.2, -0.15) is 0 Å². The number of sulfone groups is 1. The molecule has 0 unspecified atom stereocenters. The first-order valence-corrected chi connectivity index (χ1v) is 7.90. The summed E-state index contributed by atoms with van der Waals surface area (Å²) in [6.07, 6.45) is 0.435. The molecule has 0 amide bonds. The van der Waals surface area contributed by atoms with Crippen molar-refractivity contribution in [2.24, 2.45) is 0 Å². The monoisotopic (exact) mass is 302 g/mol. The molecule has 0 atom stereocenters. The molecule has 19 heavy (non-hydrogen) atoms. The minimum absolute atomic E-state index is 0.0388. The zero-order chi connectivity index (χ0) is 14.6. The molecule has 0 aromatic heterocycles. The second kappa shape index (κ2) is 4.21. The first kappa shape index (κ1) is 14.3. The molecule has 104 valence electrons. The van der Waals surface area contributed by atoms with E-state index >= 15 is 0 Å². The van der Waals surface area contributed by atoms with Crippen LogP contribution in [0.1, 0.15) is 41.8 Å². The average molecular weight is 303 g/mol. The molecule has 1 aliphatic rings. The predicted octanol–water partition coefficient (Wildman–Crippen LogP) is 2.80. The van der Waals surface area contributed by atoms with E-state index < -0.39 is 21.2 Å². The number of aromatic carboxylic acids is 1. The highest BCUT2D eigenvalue weighted by Gasteiger charge is 2.39. The Morgan fingerprint density at radius 2 is 2.00 bits per heavy atom. The van der Waals surface area contributed by atoms with Crippen molar-refractivity contribution in [3.8, 4) is 0 Å². The van der Waals surface area contributed by atoms with E-state index in [1.54, 1.807) is 6.92 Å². The van der Waals surface area contributed by atoms with Gasteiger partial charge in [0.2, 0.25) is 0 Å². The first-order valence-electron chi connectivity index (χ1n) is 5.87. The summed E-state index contributed by atoms with van der Waals surface area (Å²) < 4.78 is 24.4. The summed E-state index contributed by atoms with van der Waals surface area (Å²) in [5.74, 6) is -1.08. The van der Waals surface area contributed by atoms with Gasteiger partial charge in [0, 0.05) is 0 Å². The summed E-state index contributed by atoms with van der Waals surface area (Å²) in [5, 5.41) is 9.20. The highest BCUT2D eigenvalue weighted by atomic mass is 35.5. The standard InChI is InChI=1S/C13H15ClO4S/c1-7-6-8(12(15)16)10(14)9-11(7)19(17,18)5-4-13(9,2)3/h6H,4-5H2,1-3H3,(H,15,16). The molecule has 6 heteroatoms. The van der Waals surface area contributed by atoms with Crippen molar-refractivity contribution >= 4 is 27.4 Å². The fourth-order valence-corrected chi connectivity index (χ4v) is 5.32. The van der Waals surface area contributed by atoms with Gasteiger partial charge in [-0.1, -0.05) is 25.4 Å². The van der Waals surface area contributed by atoms with Gasteiger partial charge in [0.15, 0.2) is 9.84 Å². The Kier molecular flexibility index (Phi) is 3.18. The maximum atomic E-state index is 12.2. The van der Waals surface area contributed by atoms with Gasteiger partial charge in [-0.05, 0) is 36.0 Å². The predicted molar refractivity (Wildman–Crippen MR) is 72.8 cm³/mol. The molecule has 0 fully saturated rings. The van der Waals surface area contributed by atoms with Crippen LogP contribution in [0.25, 0.3) is 0 Å². The third-order valence-electron chi connectivity index (χ3n) is 3.62. The molecular formula is C13H15ClO4S. The maximum Gasteiger partial charge on any atom is 0.337 e. The number of benzene rings is 1. The van der Waals surface area contributed by atoms with E-state index in [4.69, 9.17) is 16.7 Å². The Hall–Kier alpha value is -1.07. The fraction of sp³-hybridized carbons (Fsp3) is 0.462. The van der Waals surface area contributed by atoms with Crippen LogP contribution in [-0.2, 0) is 15.3 Å². The first-order chi connectivity index (χ1) is 8.58. The van der Waals surface area contributed by atoms with Crippen LogP contribution in [-0.4, -0.2) is 25.2 Å². The second-order valence-corrected chi connectivity index (χ2v) is 7.94. The van der Waals surface area contributed by atoms with Crippen molar-refractivity contribution in [2.75, 3.05) is 5.75 Å². The molecule has 1 aliphatic heterocycles. The number of carboxylic acid groups (broad SMARTS) is 1. The van der Waals surface area contributed by atoms with Crippen LogP contribution in [0.2, 0.25) is 5.02 Å². The molecule has 0 saturated heterocycles. The van der Waals surface area contributed by atoms with Crippen molar-refractivity contribution in [2.45, 2.75) is 37.5 Å². The summed E-state index contributed by atoms with van der Waals surface area (Å²) in [7, 11) is -3.39. The summed E-state index contributed by atoms with van der Waals surface area (Å²) in [4.78, 5) is 11.4. The van der Waals surface area contributed by atoms with Gasteiger partial charge in [0.05, 0.1) is 21.2 Å². The van der Waals surface area contributed by atoms with E-state index in [0.29, 0.717) is 17.5 Å². The van der Waals surface area contributed by atoms with Crippen molar-refractivity contribution in [3.63, 3.8) is 0 Å². The number of aryl methyl sites for hydroxylation is 1. The maximum absolute atomic E-state index is 12.2. The summed E-state index contributed by atoms with van der Waals surface area (Å²) in [6.45, 7) is 5.38. The van der Waals surface area contributed by atoms with E-state index in [1.807, 2.05) is 13.8 Å². The second-order valence-electron chi connectivity index (χ2n) is 5.52.